The average Bonchev–Trinajstić information content (AvgIpc) is 3.67. The molecule has 2 aliphatic rings. The number of hydrogen-bond acceptors (Lipinski definition) is 5. The van der Waals surface area contributed by atoms with Gasteiger partial charge in [0.25, 0.3) is 0 Å². The normalized spacial score (nSPS) is 15.9. The summed E-state index contributed by atoms with van der Waals surface area (Å²) in [6.07, 6.45) is 5.12. The Bertz CT molecular complexity index is 1880. The molecule has 0 saturated heterocycles. The van der Waals surface area contributed by atoms with Crippen LogP contribution in [0.4, 0.5) is 4.79 Å². The van der Waals surface area contributed by atoms with Gasteiger partial charge in [-0.25, -0.2) is 4.79 Å². The highest BCUT2D eigenvalue weighted by Crippen LogP contribution is 2.44. The predicted molar refractivity (Wildman–Crippen MR) is 198 cm³/mol. The summed E-state index contributed by atoms with van der Waals surface area (Å²) in [7, 11) is 0. The Kier molecular flexibility index (Phi) is 10.9. The Hall–Kier alpha value is -5.38. The van der Waals surface area contributed by atoms with Crippen molar-refractivity contribution in [3.05, 3.63) is 108 Å². The first-order valence-electron chi connectivity index (χ1n) is 17.8. The number of carbonyl (C=O) groups is 4. The molecule has 10 nitrogen and oxygen atoms in total. The summed E-state index contributed by atoms with van der Waals surface area (Å²) in [4.78, 5) is 56.5. The molecule has 4 amide bonds. The molecule has 6 rings (SSSR count). The van der Waals surface area contributed by atoms with Crippen molar-refractivity contribution in [3.8, 4) is 11.1 Å². The van der Waals surface area contributed by atoms with E-state index in [1.807, 2.05) is 42.5 Å². The molecule has 266 valence electrons. The zero-order valence-electron chi connectivity index (χ0n) is 29.1. The molecule has 51 heavy (non-hydrogen) atoms. The summed E-state index contributed by atoms with van der Waals surface area (Å²) in [6.45, 7) is 6.35. The predicted octanol–water partition coefficient (Wildman–Crippen LogP) is 5.93. The average molecular weight is 690 g/mol. The van der Waals surface area contributed by atoms with Crippen LogP contribution in [-0.2, 0) is 25.5 Å². The van der Waals surface area contributed by atoms with Gasteiger partial charge in [-0.2, -0.15) is 0 Å². The third-order valence-corrected chi connectivity index (χ3v) is 10.3. The van der Waals surface area contributed by atoms with Crippen molar-refractivity contribution in [1.29, 1.82) is 0 Å². The fourth-order valence-electron chi connectivity index (χ4n) is 7.68. The van der Waals surface area contributed by atoms with Crippen LogP contribution in [0.25, 0.3) is 22.0 Å². The number of rotatable bonds is 14. The fraction of sp³-hybridized carbons (Fsp3) is 0.366. The molecule has 4 aromatic rings. The summed E-state index contributed by atoms with van der Waals surface area (Å²) in [5.41, 5.74) is 11.9. The number of fused-ring (bicyclic) bond motifs is 4. The van der Waals surface area contributed by atoms with E-state index < -0.39 is 35.4 Å². The number of nitrogens with one attached hydrogen (secondary N) is 4. The second-order valence-corrected chi connectivity index (χ2v) is 14.0. The summed E-state index contributed by atoms with van der Waals surface area (Å²) in [5.74, 6) is -1.89. The van der Waals surface area contributed by atoms with Gasteiger partial charge in [-0.05, 0) is 84.4 Å². The number of H-pyrrole nitrogens is 1. The molecule has 1 unspecified atom stereocenters. The monoisotopic (exact) mass is 689 g/mol. The first kappa shape index (κ1) is 35.4. The van der Waals surface area contributed by atoms with Crippen LogP contribution in [-0.4, -0.2) is 53.5 Å². The van der Waals surface area contributed by atoms with Crippen LogP contribution >= 0.6 is 0 Å². The van der Waals surface area contributed by atoms with Crippen molar-refractivity contribution in [2.45, 2.75) is 75.8 Å². The second-order valence-electron chi connectivity index (χ2n) is 14.0. The molecule has 3 aromatic carbocycles. The van der Waals surface area contributed by atoms with Crippen LogP contribution in [0.15, 0.2) is 85.5 Å². The molecule has 1 fully saturated rings. The lowest BCUT2D eigenvalue weighted by Gasteiger charge is -2.37. The number of carbonyl (C=O) groups excluding carboxylic acids is 4. The summed E-state index contributed by atoms with van der Waals surface area (Å²) < 4.78 is 5.80. The highest BCUT2D eigenvalue weighted by molar-refractivity contribution is 5.96. The summed E-state index contributed by atoms with van der Waals surface area (Å²) >= 11 is 0. The number of benzene rings is 3. The van der Waals surface area contributed by atoms with Crippen LogP contribution < -0.4 is 21.7 Å². The van der Waals surface area contributed by atoms with E-state index in [2.05, 4.69) is 70.8 Å². The smallest absolute Gasteiger partial charge is 0.408 e. The maximum Gasteiger partial charge on any atom is 0.408 e. The van der Waals surface area contributed by atoms with E-state index in [0.717, 1.165) is 45.3 Å². The van der Waals surface area contributed by atoms with E-state index in [4.69, 9.17) is 10.5 Å². The van der Waals surface area contributed by atoms with E-state index in [-0.39, 0.29) is 24.9 Å². The minimum absolute atomic E-state index is 0.0189. The van der Waals surface area contributed by atoms with Crippen molar-refractivity contribution in [2.24, 2.45) is 11.7 Å². The third kappa shape index (κ3) is 8.17. The van der Waals surface area contributed by atoms with Gasteiger partial charge in [0.2, 0.25) is 17.7 Å². The number of primary amides is 1. The van der Waals surface area contributed by atoms with E-state index >= 15 is 0 Å². The molecule has 0 spiro atoms. The number of amides is 4. The van der Waals surface area contributed by atoms with Crippen molar-refractivity contribution in [3.63, 3.8) is 0 Å². The largest absolute Gasteiger partial charge is 0.449 e. The SMILES string of the molecule is C=CCC(CNC(=O)[C@H](CC(N)=O)NC(=O)C1(NC(=O)OCC2c3ccccc3-c3ccccc32)CCCCC1)Cc1cc2cc(C)ccc2[nH]1. The zero-order valence-corrected chi connectivity index (χ0v) is 29.1. The van der Waals surface area contributed by atoms with Gasteiger partial charge < -0.3 is 31.4 Å². The number of hydrogen-bond donors (Lipinski definition) is 5. The van der Waals surface area contributed by atoms with Crippen LogP contribution in [0.5, 0.6) is 0 Å². The Balaban J connectivity index is 1.10. The van der Waals surface area contributed by atoms with E-state index in [0.29, 0.717) is 45.1 Å². The first-order chi connectivity index (χ1) is 24.7. The van der Waals surface area contributed by atoms with Crippen molar-refractivity contribution < 1.29 is 23.9 Å². The maximum absolute atomic E-state index is 14.0. The molecule has 1 heterocycles. The third-order valence-electron chi connectivity index (χ3n) is 10.3. The summed E-state index contributed by atoms with van der Waals surface area (Å²) in [6, 6.07) is 23.3. The second kappa shape index (κ2) is 15.7. The highest BCUT2D eigenvalue weighted by Gasteiger charge is 2.43. The number of alkyl carbamates (subject to hydrolysis) is 1. The van der Waals surface area contributed by atoms with E-state index in [1.165, 1.54) is 5.56 Å². The van der Waals surface area contributed by atoms with Crippen LogP contribution in [0.3, 0.4) is 0 Å². The number of aromatic amines is 1. The van der Waals surface area contributed by atoms with Crippen molar-refractivity contribution >= 4 is 34.7 Å². The Morgan fingerprint density at radius 3 is 2.33 bits per heavy atom. The van der Waals surface area contributed by atoms with Gasteiger partial charge in [-0.3, -0.25) is 14.4 Å². The van der Waals surface area contributed by atoms with Gasteiger partial charge >= 0.3 is 6.09 Å². The maximum atomic E-state index is 14.0. The minimum atomic E-state index is -1.30. The lowest BCUT2D eigenvalue weighted by molar-refractivity contribution is -0.135. The van der Waals surface area contributed by atoms with Crippen LogP contribution in [0.2, 0.25) is 0 Å². The molecule has 2 atom stereocenters. The molecule has 1 aromatic heterocycles. The molecule has 0 aliphatic heterocycles. The zero-order chi connectivity index (χ0) is 36.0. The molecule has 6 N–H and O–H groups in total. The van der Waals surface area contributed by atoms with Crippen molar-refractivity contribution in [1.82, 2.24) is 20.9 Å². The minimum Gasteiger partial charge on any atom is -0.449 e. The Labute approximate surface area is 298 Å². The van der Waals surface area contributed by atoms with Crippen LogP contribution in [0, 0.1) is 12.8 Å². The van der Waals surface area contributed by atoms with E-state index in [9.17, 15) is 19.2 Å². The number of allylic oxidation sites excluding steroid dienone is 1. The van der Waals surface area contributed by atoms with Gasteiger partial charge in [0.1, 0.15) is 18.2 Å². The number of ether oxygens (including phenoxy) is 1. The van der Waals surface area contributed by atoms with Crippen LogP contribution in [0.1, 0.15) is 73.2 Å². The number of aryl methyl sites for hydroxylation is 1. The quantitative estimate of drug-likeness (QED) is 0.104. The number of nitrogens with two attached hydrogens (primary N) is 1. The lowest BCUT2D eigenvalue weighted by Crippen LogP contribution is -2.63. The van der Waals surface area contributed by atoms with Gasteiger partial charge in [0.05, 0.1) is 6.42 Å². The van der Waals surface area contributed by atoms with Gasteiger partial charge in [0, 0.05) is 23.7 Å². The van der Waals surface area contributed by atoms with E-state index in [1.54, 1.807) is 0 Å². The Morgan fingerprint density at radius 2 is 1.67 bits per heavy atom. The molecule has 0 radical (unpaired) electrons. The summed E-state index contributed by atoms with van der Waals surface area (Å²) in [5, 5.41) is 9.70. The molecule has 2 aliphatic carbocycles. The Morgan fingerprint density at radius 1 is 0.980 bits per heavy atom. The lowest BCUT2D eigenvalue weighted by atomic mass is 9.80. The molecular weight excluding hydrogens is 642 g/mol. The first-order valence-corrected chi connectivity index (χ1v) is 17.8. The fourth-order valence-corrected chi connectivity index (χ4v) is 7.68. The standard InChI is InChI=1S/C41H47N5O5/c1-3-11-27(21-29-22-28-20-26(2)16-17-35(28)44-29)24-43-38(48)36(23-37(42)47)45-39(49)41(18-9-4-10-19-41)46-40(50)51-25-34-32-14-7-5-12-30(32)31-13-6-8-15-33(31)34/h3,5-8,12-17,20,22,27,34,36,44H,1,4,9-11,18-19,21,23-25H2,2H3,(H2,42,47)(H,43,48)(H,45,49)(H,46,50)/t27?,36-/m0/s1. The van der Waals surface area contributed by atoms with Gasteiger partial charge in [-0.1, -0.05) is 85.5 Å². The van der Waals surface area contributed by atoms with Gasteiger partial charge in [0.15, 0.2) is 0 Å². The molecular formula is C41H47N5O5. The molecule has 0 bridgehead atoms. The molecule has 1 saturated carbocycles. The highest BCUT2D eigenvalue weighted by atomic mass is 16.5. The van der Waals surface area contributed by atoms with Crippen molar-refractivity contribution in [2.75, 3.05) is 13.2 Å². The van der Waals surface area contributed by atoms with Gasteiger partial charge in [-0.15, -0.1) is 6.58 Å². The molecule has 10 heteroatoms. The topological polar surface area (TPSA) is 155 Å². The number of aromatic nitrogens is 1.